The third-order valence-corrected chi connectivity index (χ3v) is 7.41. The molecule has 160 valence electrons. The molecule has 0 aromatic heterocycles. The molecule has 29 heavy (non-hydrogen) atoms. The monoisotopic (exact) mass is 423 g/mol. The number of carbonyl (C=O) groups excluding carboxylic acids is 2. The van der Waals surface area contributed by atoms with Crippen LogP contribution in [-0.2, 0) is 19.6 Å². The van der Waals surface area contributed by atoms with Crippen molar-refractivity contribution in [2.24, 2.45) is 5.92 Å². The number of sulfonamides is 1. The minimum Gasteiger partial charge on any atom is -0.376 e. The van der Waals surface area contributed by atoms with Gasteiger partial charge in [0.05, 0.1) is 23.1 Å². The summed E-state index contributed by atoms with van der Waals surface area (Å²) in [6, 6.07) is 6.90. The molecule has 9 heteroatoms. The molecular weight excluding hydrogens is 394 g/mol. The van der Waals surface area contributed by atoms with Crippen LogP contribution in [0.3, 0.4) is 0 Å². The lowest BCUT2D eigenvalue weighted by atomic mass is 9.97. The fourth-order valence-corrected chi connectivity index (χ4v) is 4.84. The van der Waals surface area contributed by atoms with Crippen LogP contribution in [0.25, 0.3) is 0 Å². The van der Waals surface area contributed by atoms with Crippen LogP contribution >= 0.6 is 0 Å². The Morgan fingerprint density at radius 3 is 2.55 bits per heavy atom. The van der Waals surface area contributed by atoms with Gasteiger partial charge < -0.3 is 15.4 Å². The van der Waals surface area contributed by atoms with Gasteiger partial charge in [-0.05, 0) is 44.7 Å². The van der Waals surface area contributed by atoms with Crippen LogP contribution in [0.5, 0.6) is 0 Å². The quantitative estimate of drug-likeness (QED) is 0.693. The van der Waals surface area contributed by atoms with E-state index in [0.717, 1.165) is 19.4 Å². The summed E-state index contributed by atoms with van der Waals surface area (Å²) in [6.45, 7) is 3.49. The van der Waals surface area contributed by atoms with Crippen molar-refractivity contribution in [1.29, 1.82) is 0 Å². The van der Waals surface area contributed by atoms with Crippen LogP contribution in [-0.4, -0.2) is 62.6 Å². The van der Waals surface area contributed by atoms with Crippen LogP contribution in [0, 0.1) is 5.92 Å². The largest absolute Gasteiger partial charge is 0.376 e. The fourth-order valence-electron chi connectivity index (χ4n) is 3.71. The molecule has 2 fully saturated rings. The zero-order chi connectivity index (χ0) is 20.9. The summed E-state index contributed by atoms with van der Waals surface area (Å²) < 4.78 is 30.9. The van der Waals surface area contributed by atoms with E-state index in [0.29, 0.717) is 43.7 Å². The Kier molecular flexibility index (Phi) is 7.26. The number of carbonyl (C=O) groups is 2. The Bertz CT molecular complexity index is 828. The summed E-state index contributed by atoms with van der Waals surface area (Å²) in [5.74, 6) is -0.641. The molecule has 2 aliphatic heterocycles. The van der Waals surface area contributed by atoms with Gasteiger partial charge in [-0.2, -0.15) is 0 Å². The van der Waals surface area contributed by atoms with Crippen molar-refractivity contribution in [1.82, 2.24) is 9.62 Å². The van der Waals surface area contributed by atoms with Crippen molar-refractivity contribution >= 4 is 27.5 Å². The van der Waals surface area contributed by atoms with Gasteiger partial charge in [-0.3, -0.25) is 9.59 Å². The number of hydrogen-bond donors (Lipinski definition) is 2. The zero-order valence-electron chi connectivity index (χ0n) is 16.7. The van der Waals surface area contributed by atoms with Crippen LogP contribution in [0.15, 0.2) is 24.3 Å². The number of benzene rings is 1. The lowest BCUT2D eigenvalue weighted by Crippen LogP contribution is -2.42. The number of amides is 2. The Morgan fingerprint density at radius 1 is 1.17 bits per heavy atom. The van der Waals surface area contributed by atoms with Gasteiger partial charge in [-0.1, -0.05) is 12.1 Å². The van der Waals surface area contributed by atoms with Gasteiger partial charge >= 0.3 is 0 Å². The molecule has 2 amide bonds. The minimum atomic E-state index is -3.22. The number of nitrogens with one attached hydrogen (secondary N) is 2. The van der Waals surface area contributed by atoms with Crippen molar-refractivity contribution in [2.75, 3.05) is 37.3 Å². The maximum absolute atomic E-state index is 12.7. The number of nitrogens with zero attached hydrogens (tertiary/aromatic N) is 1. The second kappa shape index (κ2) is 9.69. The highest BCUT2D eigenvalue weighted by atomic mass is 32.2. The van der Waals surface area contributed by atoms with E-state index < -0.39 is 10.0 Å². The third kappa shape index (κ3) is 5.55. The summed E-state index contributed by atoms with van der Waals surface area (Å²) in [7, 11) is -3.22. The predicted octanol–water partition coefficient (Wildman–Crippen LogP) is 1.60. The van der Waals surface area contributed by atoms with Crippen LogP contribution in [0.1, 0.15) is 43.0 Å². The normalized spacial score (nSPS) is 21.1. The topological polar surface area (TPSA) is 105 Å². The van der Waals surface area contributed by atoms with Gasteiger partial charge in [0.25, 0.3) is 5.91 Å². The number of para-hydroxylation sites is 1. The van der Waals surface area contributed by atoms with Crippen LogP contribution in [0.4, 0.5) is 5.69 Å². The highest BCUT2D eigenvalue weighted by Gasteiger charge is 2.30. The van der Waals surface area contributed by atoms with Gasteiger partial charge in [-0.15, -0.1) is 0 Å². The van der Waals surface area contributed by atoms with Crippen molar-refractivity contribution in [3.05, 3.63) is 29.8 Å². The Labute approximate surface area is 172 Å². The van der Waals surface area contributed by atoms with E-state index in [2.05, 4.69) is 10.6 Å². The molecule has 1 aromatic carbocycles. The lowest BCUT2D eigenvalue weighted by molar-refractivity contribution is -0.120. The molecule has 0 unspecified atom stereocenters. The summed E-state index contributed by atoms with van der Waals surface area (Å²) in [6.07, 6.45) is 2.93. The highest BCUT2D eigenvalue weighted by Crippen LogP contribution is 2.23. The van der Waals surface area contributed by atoms with Gasteiger partial charge in [-0.25, -0.2) is 12.7 Å². The fraction of sp³-hybridized carbons (Fsp3) is 0.600. The van der Waals surface area contributed by atoms with Gasteiger partial charge in [0.15, 0.2) is 0 Å². The summed E-state index contributed by atoms with van der Waals surface area (Å²) in [4.78, 5) is 25.3. The van der Waals surface area contributed by atoms with Crippen molar-refractivity contribution in [3.63, 3.8) is 0 Å². The van der Waals surface area contributed by atoms with E-state index in [-0.39, 0.29) is 29.6 Å². The van der Waals surface area contributed by atoms with Gasteiger partial charge in [0.1, 0.15) is 0 Å². The molecule has 2 saturated heterocycles. The number of piperidine rings is 1. The predicted molar refractivity (Wildman–Crippen MR) is 110 cm³/mol. The molecule has 0 aliphatic carbocycles. The third-order valence-electron chi connectivity index (χ3n) is 5.53. The second-order valence-electron chi connectivity index (χ2n) is 7.45. The molecule has 0 spiro atoms. The standard InChI is InChI=1S/C20H29N3O5S/c1-2-29(26,27)23-11-9-15(10-12-23)19(24)22-18-8-4-3-7-17(18)20(25)21-14-16-6-5-13-28-16/h3-4,7-8,15-16H,2,5-6,9-14H2,1H3,(H,21,25)(H,22,24)/t16-/m1/s1. The van der Waals surface area contributed by atoms with Crippen molar-refractivity contribution in [2.45, 2.75) is 38.7 Å². The maximum atomic E-state index is 12.7. The van der Waals surface area contributed by atoms with E-state index in [1.807, 2.05) is 0 Å². The first-order valence-corrected chi connectivity index (χ1v) is 11.8. The molecule has 1 atom stereocenters. The van der Waals surface area contributed by atoms with Crippen molar-refractivity contribution < 1.29 is 22.7 Å². The molecular formula is C20H29N3O5S. The summed E-state index contributed by atoms with van der Waals surface area (Å²) >= 11 is 0. The van der Waals surface area contributed by atoms with E-state index in [1.54, 1.807) is 31.2 Å². The van der Waals surface area contributed by atoms with Crippen molar-refractivity contribution in [3.8, 4) is 0 Å². The SMILES string of the molecule is CCS(=O)(=O)N1CCC(C(=O)Nc2ccccc2C(=O)NC[C@H]2CCCO2)CC1. The number of ether oxygens (including phenoxy) is 1. The average molecular weight is 424 g/mol. The zero-order valence-corrected chi connectivity index (χ0v) is 17.5. The van der Waals surface area contributed by atoms with Gasteiger partial charge in [0, 0.05) is 32.2 Å². The molecule has 0 radical (unpaired) electrons. The molecule has 3 rings (SSSR count). The number of anilines is 1. The van der Waals surface area contributed by atoms with E-state index in [4.69, 9.17) is 4.74 Å². The minimum absolute atomic E-state index is 0.0466. The van der Waals surface area contributed by atoms with Gasteiger partial charge in [0.2, 0.25) is 15.9 Å². The van der Waals surface area contributed by atoms with Crippen LogP contribution < -0.4 is 10.6 Å². The van der Waals surface area contributed by atoms with Crippen LogP contribution in [0.2, 0.25) is 0 Å². The molecule has 0 bridgehead atoms. The summed E-state index contributed by atoms with van der Waals surface area (Å²) in [5.41, 5.74) is 0.871. The molecule has 2 aliphatic rings. The first-order valence-electron chi connectivity index (χ1n) is 10.2. The molecule has 2 N–H and O–H groups in total. The second-order valence-corrected chi connectivity index (χ2v) is 9.71. The van der Waals surface area contributed by atoms with E-state index >= 15 is 0 Å². The smallest absolute Gasteiger partial charge is 0.253 e. The van der Waals surface area contributed by atoms with E-state index in [1.165, 1.54) is 4.31 Å². The first kappa shape index (κ1) is 21.7. The lowest BCUT2D eigenvalue weighted by Gasteiger charge is -2.30. The first-order chi connectivity index (χ1) is 13.9. The molecule has 1 aromatic rings. The summed E-state index contributed by atoms with van der Waals surface area (Å²) in [5, 5.41) is 5.73. The Morgan fingerprint density at radius 2 is 1.90 bits per heavy atom. The maximum Gasteiger partial charge on any atom is 0.253 e. The highest BCUT2D eigenvalue weighted by molar-refractivity contribution is 7.89. The molecule has 0 saturated carbocycles. The molecule has 2 heterocycles. The number of hydrogen-bond acceptors (Lipinski definition) is 5. The Balaban J connectivity index is 1.57. The number of rotatable bonds is 7. The Hall–Kier alpha value is -1.97. The molecule has 8 nitrogen and oxygen atoms in total. The van der Waals surface area contributed by atoms with E-state index in [9.17, 15) is 18.0 Å². The average Bonchev–Trinajstić information content (AvgIpc) is 3.26.